The summed E-state index contributed by atoms with van der Waals surface area (Å²) in [5, 5.41) is 6.62. The maximum absolute atomic E-state index is 10.8. The Labute approximate surface area is 88.9 Å². The molecule has 80 valence electrons. The number of para-hydroxylation sites is 2. The van der Waals surface area contributed by atoms with Gasteiger partial charge in [0.2, 0.25) is 5.91 Å². The molecule has 1 heterocycles. The number of fused-ring (bicyclic) bond motifs is 1. The third-order valence-electron chi connectivity index (χ3n) is 2.58. The van der Waals surface area contributed by atoms with Crippen molar-refractivity contribution in [2.75, 3.05) is 23.7 Å². The number of carbonyl (C=O) groups is 1. The normalized spacial score (nSPS) is 15.7. The number of anilines is 2. The molecule has 0 bridgehead atoms. The standard InChI is InChI=1S/C11H15N3O/c12-11(15)5-8-6-13-9-3-1-2-4-10(9)14-7-8/h1-4,8,13-14H,5-7H2,(H2,12,15). The molecule has 0 saturated heterocycles. The summed E-state index contributed by atoms with van der Waals surface area (Å²) < 4.78 is 0. The van der Waals surface area contributed by atoms with Gasteiger partial charge in [-0.2, -0.15) is 0 Å². The van der Waals surface area contributed by atoms with Crippen LogP contribution in [0.2, 0.25) is 0 Å². The van der Waals surface area contributed by atoms with Crippen LogP contribution in [0.3, 0.4) is 0 Å². The highest BCUT2D eigenvalue weighted by Gasteiger charge is 2.16. The molecule has 0 aliphatic carbocycles. The second kappa shape index (κ2) is 4.21. The molecule has 1 amide bonds. The van der Waals surface area contributed by atoms with E-state index in [0.717, 1.165) is 24.5 Å². The molecule has 4 heteroatoms. The van der Waals surface area contributed by atoms with E-state index in [-0.39, 0.29) is 11.8 Å². The van der Waals surface area contributed by atoms with Gasteiger partial charge in [0.15, 0.2) is 0 Å². The number of amides is 1. The quantitative estimate of drug-likeness (QED) is 0.675. The number of hydrogen-bond acceptors (Lipinski definition) is 3. The molecule has 0 aromatic heterocycles. The summed E-state index contributed by atoms with van der Waals surface area (Å²) >= 11 is 0. The molecule has 0 unspecified atom stereocenters. The lowest BCUT2D eigenvalue weighted by atomic mass is 10.1. The highest BCUT2D eigenvalue weighted by molar-refractivity contribution is 5.75. The predicted molar refractivity (Wildman–Crippen MR) is 60.7 cm³/mol. The van der Waals surface area contributed by atoms with E-state index in [1.165, 1.54) is 0 Å². The fraction of sp³-hybridized carbons (Fsp3) is 0.364. The van der Waals surface area contributed by atoms with Gasteiger partial charge in [-0.15, -0.1) is 0 Å². The predicted octanol–water partition coefficient (Wildman–Crippen LogP) is 1.02. The van der Waals surface area contributed by atoms with Crippen molar-refractivity contribution < 1.29 is 4.79 Å². The summed E-state index contributed by atoms with van der Waals surface area (Å²) in [5.74, 6) is 0.0180. The van der Waals surface area contributed by atoms with Gasteiger partial charge >= 0.3 is 0 Å². The van der Waals surface area contributed by atoms with Gasteiger partial charge in [-0.25, -0.2) is 0 Å². The average molecular weight is 205 g/mol. The Morgan fingerprint density at radius 1 is 1.27 bits per heavy atom. The maximum Gasteiger partial charge on any atom is 0.217 e. The van der Waals surface area contributed by atoms with E-state index in [1.54, 1.807) is 0 Å². The van der Waals surface area contributed by atoms with Crippen molar-refractivity contribution in [1.82, 2.24) is 0 Å². The lowest BCUT2D eigenvalue weighted by Crippen LogP contribution is -2.25. The summed E-state index contributed by atoms with van der Waals surface area (Å²) in [6.07, 6.45) is 0.425. The van der Waals surface area contributed by atoms with Gasteiger partial charge in [-0.1, -0.05) is 12.1 Å². The number of primary amides is 1. The fourth-order valence-electron chi connectivity index (χ4n) is 1.80. The number of hydrogen-bond donors (Lipinski definition) is 3. The number of benzene rings is 1. The van der Waals surface area contributed by atoms with Gasteiger partial charge in [0, 0.05) is 25.4 Å². The van der Waals surface area contributed by atoms with E-state index in [4.69, 9.17) is 5.73 Å². The molecule has 15 heavy (non-hydrogen) atoms. The van der Waals surface area contributed by atoms with E-state index in [9.17, 15) is 4.79 Å². The number of nitrogens with two attached hydrogens (primary N) is 1. The lowest BCUT2D eigenvalue weighted by Gasteiger charge is -2.11. The van der Waals surface area contributed by atoms with Crippen molar-refractivity contribution in [2.45, 2.75) is 6.42 Å². The van der Waals surface area contributed by atoms with Crippen LogP contribution in [-0.2, 0) is 4.79 Å². The third-order valence-corrected chi connectivity index (χ3v) is 2.58. The van der Waals surface area contributed by atoms with E-state index in [2.05, 4.69) is 10.6 Å². The molecule has 4 N–H and O–H groups in total. The van der Waals surface area contributed by atoms with E-state index >= 15 is 0 Å². The first-order chi connectivity index (χ1) is 7.25. The van der Waals surface area contributed by atoms with Crippen LogP contribution < -0.4 is 16.4 Å². The minimum absolute atomic E-state index is 0.241. The Hall–Kier alpha value is -1.71. The maximum atomic E-state index is 10.8. The molecule has 0 spiro atoms. The van der Waals surface area contributed by atoms with Crippen LogP contribution in [-0.4, -0.2) is 19.0 Å². The second-order valence-corrected chi connectivity index (χ2v) is 3.84. The topological polar surface area (TPSA) is 67.2 Å². The third kappa shape index (κ3) is 2.40. The van der Waals surface area contributed by atoms with Crippen LogP contribution in [0, 0.1) is 5.92 Å². The Balaban J connectivity index is 2.05. The lowest BCUT2D eigenvalue weighted by molar-refractivity contribution is -0.118. The molecule has 1 aliphatic heterocycles. The minimum Gasteiger partial charge on any atom is -0.383 e. The zero-order valence-corrected chi connectivity index (χ0v) is 8.49. The molecule has 1 aliphatic rings. The summed E-state index contributed by atoms with van der Waals surface area (Å²) in [6.45, 7) is 1.57. The largest absolute Gasteiger partial charge is 0.383 e. The minimum atomic E-state index is -0.241. The van der Waals surface area contributed by atoms with Gasteiger partial charge < -0.3 is 16.4 Å². The summed E-state index contributed by atoms with van der Waals surface area (Å²) in [7, 11) is 0. The van der Waals surface area contributed by atoms with Gasteiger partial charge in [-0.3, -0.25) is 4.79 Å². The summed E-state index contributed by atoms with van der Waals surface area (Å²) in [4.78, 5) is 10.8. The van der Waals surface area contributed by atoms with Crippen molar-refractivity contribution in [3.8, 4) is 0 Å². The van der Waals surface area contributed by atoms with Gasteiger partial charge in [0.05, 0.1) is 11.4 Å². The van der Waals surface area contributed by atoms with Crippen LogP contribution in [0.4, 0.5) is 11.4 Å². The van der Waals surface area contributed by atoms with E-state index < -0.39 is 0 Å². The van der Waals surface area contributed by atoms with Crippen LogP contribution >= 0.6 is 0 Å². The summed E-state index contributed by atoms with van der Waals surface area (Å²) in [5.41, 5.74) is 7.36. The van der Waals surface area contributed by atoms with E-state index in [1.807, 2.05) is 24.3 Å². The number of rotatable bonds is 2. The zero-order chi connectivity index (χ0) is 10.7. The van der Waals surface area contributed by atoms with Crippen molar-refractivity contribution in [2.24, 2.45) is 11.7 Å². The first kappa shape index (κ1) is 9.83. The highest BCUT2D eigenvalue weighted by Crippen LogP contribution is 2.24. The molecule has 4 nitrogen and oxygen atoms in total. The number of carbonyl (C=O) groups excluding carboxylic acids is 1. The molecule has 1 aromatic carbocycles. The Morgan fingerprint density at radius 2 is 1.80 bits per heavy atom. The van der Waals surface area contributed by atoms with Crippen LogP contribution in [0.25, 0.3) is 0 Å². The molecule has 0 fully saturated rings. The Bertz CT molecular complexity index is 338. The molecule has 0 radical (unpaired) electrons. The molecule has 1 aromatic rings. The SMILES string of the molecule is NC(=O)CC1CNc2ccccc2NC1. The van der Waals surface area contributed by atoms with Crippen LogP contribution in [0.5, 0.6) is 0 Å². The van der Waals surface area contributed by atoms with Crippen molar-refractivity contribution in [1.29, 1.82) is 0 Å². The van der Waals surface area contributed by atoms with Crippen molar-refractivity contribution in [3.63, 3.8) is 0 Å². The smallest absolute Gasteiger partial charge is 0.217 e. The monoisotopic (exact) mass is 205 g/mol. The van der Waals surface area contributed by atoms with Crippen LogP contribution in [0.1, 0.15) is 6.42 Å². The Morgan fingerprint density at radius 3 is 2.27 bits per heavy atom. The van der Waals surface area contributed by atoms with Crippen LogP contribution in [0.15, 0.2) is 24.3 Å². The molecule has 2 rings (SSSR count). The van der Waals surface area contributed by atoms with Gasteiger partial charge in [0.1, 0.15) is 0 Å². The second-order valence-electron chi connectivity index (χ2n) is 3.84. The highest BCUT2D eigenvalue weighted by atomic mass is 16.1. The molecular formula is C11H15N3O. The average Bonchev–Trinajstić information content (AvgIpc) is 2.41. The van der Waals surface area contributed by atoms with Crippen molar-refractivity contribution in [3.05, 3.63) is 24.3 Å². The fourth-order valence-corrected chi connectivity index (χ4v) is 1.80. The van der Waals surface area contributed by atoms with Gasteiger partial charge in [0.25, 0.3) is 0 Å². The van der Waals surface area contributed by atoms with Gasteiger partial charge in [-0.05, 0) is 12.1 Å². The first-order valence-electron chi connectivity index (χ1n) is 5.11. The van der Waals surface area contributed by atoms with E-state index in [0.29, 0.717) is 6.42 Å². The molecular weight excluding hydrogens is 190 g/mol. The Kier molecular flexibility index (Phi) is 2.76. The summed E-state index contributed by atoms with van der Waals surface area (Å²) in [6, 6.07) is 8.02. The number of nitrogens with one attached hydrogen (secondary N) is 2. The molecule has 0 atom stereocenters. The molecule has 0 saturated carbocycles. The zero-order valence-electron chi connectivity index (χ0n) is 8.49. The van der Waals surface area contributed by atoms with Crippen molar-refractivity contribution >= 4 is 17.3 Å². The first-order valence-corrected chi connectivity index (χ1v) is 5.11.